The summed E-state index contributed by atoms with van der Waals surface area (Å²) in [5.41, 5.74) is 0.886. The van der Waals surface area contributed by atoms with Crippen LogP contribution in [0.15, 0.2) is 10.6 Å². The Morgan fingerprint density at radius 2 is 2.60 bits per heavy atom. The van der Waals surface area contributed by atoms with E-state index in [1.54, 1.807) is 0 Å². The van der Waals surface area contributed by atoms with E-state index < -0.39 is 0 Å². The highest BCUT2D eigenvalue weighted by molar-refractivity contribution is 5.01. The molecule has 4 nitrogen and oxygen atoms in total. The number of hydrogen-bond donors (Lipinski definition) is 1. The average molecular weight is 210 g/mol. The molecule has 1 aliphatic rings. The van der Waals surface area contributed by atoms with Crippen LogP contribution in [0.1, 0.15) is 24.3 Å². The molecule has 1 unspecified atom stereocenters. The molecule has 1 aromatic rings. The molecular weight excluding hydrogens is 192 g/mol. The lowest BCUT2D eigenvalue weighted by atomic mass is 10.1. The van der Waals surface area contributed by atoms with Gasteiger partial charge in [-0.25, -0.2) is 0 Å². The summed E-state index contributed by atoms with van der Waals surface area (Å²) in [4.78, 5) is 0. The first kappa shape index (κ1) is 10.6. The van der Waals surface area contributed by atoms with E-state index in [1.165, 1.54) is 6.42 Å². The minimum atomic E-state index is 0.567. The van der Waals surface area contributed by atoms with E-state index in [1.807, 2.05) is 13.0 Å². The third kappa shape index (κ3) is 3.32. The quantitative estimate of drug-likeness (QED) is 0.748. The van der Waals surface area contributed by atoms with Crippen LogP contribution in [0.3, 0.4) is 0 Å². The maximum absolute atomic E-state index is 5.54. The Morgan fingerprint density at radius 1 is 1.67 bits per heavy atom. The van der Waals surface area contributed by atoms with Gasteiger partial charge >= 0.3 is 0 Å². The van der Waals surface area contributed by atoms with Crippen molar-refractivity contribution in [1.82, 2.24) is 10.5 Å². The lowest BCUT2D eigenvalue weighted by Crippen LogP contribution is -2.10. The number of aryl methyl sites for hydroxylation is 1. The molecule has 1 N–H and O–H groups in total. The molecule has 0 aromatic carbocycles. The molecule has 0 saturated carbocycles. The molecule has 0 radical (unpaired) electrons. The van der Waals surface area contributed by atoms with Crippen molar-refractivity contribution in [2.45, 2.75) is 26.4 Å². The first-order valence-electron chi connectivity index (χ1n) is 5.55. The Balaban J connectivity index is 1.58. The van der Waals surface area contributed by atoms with Gasteiger partial charge in [-0.3, -0.25) is 0 Å². The van der Waals surface area contributed by atoms with E-state index in [2.05, 4.69) is 10.5 Å². The lowest BCUT2D eigenvalue weighted by molar-refractivity contribution is 0.104. The van der Waals surface area contributed by atoms with Gasteiger partial charge in [-0.2, -0.15) is 0 Å². The number of aromatic nitrogens is 1. The van der Waals surface area contributed by atoms with Crippen LogP contribution in [-0.2, 0) is 11.3 Å². The van der Waals surface area contributed by atoms with Crippen LogP contribution in [0.2, 0.25) is 0 Å². The zero-order valence-electron chi connectivity index (χ0n) is 9.16. The molecule has 0 amide bonds. The van der Waals surface area contributed by atoms with E-state index >= 15 is 0 Å². The van der Waals surface area contributed by atoms with E-state index in [0.29, 0.717) is 6.61 Å². The highest BCUT2D eigenvalue weighted by Crippen LogP contribution is 2.12. The van der Waals surface area contributed by atoms with Crippen LogP contribution in [0.25, 0.3) is 0 Å². The molecule has 15 heavy (non-hydrogen) atoms. The van der Waals surface area contributed by atoms with Gasteiger partial charge in [-0.15, -0.1) is 0 Å². The molecule has 2 heterocycles. The summed E-state index contributed by atoms with van der Waals surface area (Å²) in [6.07, 6.45) is 2.43. The van der Waals surface area contributed by atoms with Gasteiger partial charge in [-0.1, -0.05) is 5.16 Å². The molecular formula is C11H18N2O2. The van der Waals surface area contributed by atoms with Gasteiger partial charge < -0.3 is 14.6 Å². The van der Waals surface area contributed by atoms with E-state index in [4.69, 9.17) is 9.26 Å². The third-order valence-corrected chi connectivity index (χ3v) is 2.76. The van der Waals surface area contributed by atoms with Crippen LogP contribution in [0, 0.1) is 12.8 Å². The third-order valence-electron chi connectivity index (χ3n) is 2.76. The van der Waals surface area contributed by atoms with Crippen molar-refractivity contribution in [2.24, 2.45) is 5.92 Å². The Morgan fingerprint density at radius 3 is 3.27 bits per heavy atom. The summed E-state index contributed by atoms with van der Waals surface area (Å²) < 4.78 is 10.5. The number of rotatable bonds is 5. The molecule has 84 valence electrons. The summed E-state index contributed by atoms with van der Waals surface area (Å²) in [5.74, 6) is 1.64. The van der Waals surface area contributed by atoms with Crippen molar-refractivity contribution in [3.63, 3.8) is 0 Å². The van der Waals surface area contributed by atoms with Crippen molar-refractivity contribution >= 4 is 0 Å². The largest absolute Gasteiger partial charge is 0.375 e. The highest BCUT2D eigenvalue weighted by atomic mass is 16.5. The normalized spacial score (nSPS) is 21.0. The monoisotopic (exact) mass is 210 g/mol. The molecule has 1 aliphatic heterocycles. The summed E-state index contributed by atoms with van der Waals surface area (Å²) >= 11 is 0. The van der Waals surface area contributed by atoms with Crippen LogP contribution in [-0.4, -0.2) is 24.9 Å². The molecule has 1 fully saturated rings. The SMILES string of the molecule is Cc1cc(COCCC2CCNC2)no1. The Hall–Kier alpha value is -0.870. The lowest BCUT2D eigenvalue weighted by Gasteiger charge is -2.07. The predicted octanol–water partition coefficient (Wildman–Crippen LogP) is 1.50. The number of nitrogens with one attached hydrogen (secondary N) is 1. The second-order valence-corrected chi connectivity index (χ2v) is 4.13. The summed E-state index contributed by atoms with van der Waals surface area (Å²) in [5, 5.41) is 7.22. The highest BCUT2D eigenvalue weighted by Gasteiger charge is 2.13. The molecule has 0 spiro atoms. The second kappa shape index (κ2) is 5.28. The fraction of sp³-hybridized carbons (Fsp3) is 0.727. The molecule has 0 aliphatic carbocycles. The van der Waals surface area contributed by atoms with Crippen LogP contribution in [0.4, 0.5) is 0 Å². The fourth-order valence-electron chi connectivity index (χ4n) is 1.87. The van der Waals surface area contributed by atoms with Crippen LogP contribution in [0.5, 0.6) is 0 Å². The van der Waals surface area contributed by atoms with E-state index in [-0.39, 0.29) is 0 Å². The standard InChI is InChI=1S/C11H18N2O2/c1-9-6-11(13-15-9)8-14-5-3-10-2-4-12-7-10/h6,10,12H,2-5,7-8H2,1H3. The molecule has 1 aromatic heterocycles. The van der Waals surface area contributed by atoms with Gasteiger partial charge in [0.15, 0.2) is 0 Å². The van der Waals surface area contributed by atoms with Crippen molar-refractivity contribution in [2.75, 3.05) is 19.7 Å². The Labute approximate surface area is 90.0 Å². The average Bonchev–Trinajstić information content (AvgIpc) is 2.84. The van der Waals surface area contributed by atoms with Gasteiger partial charge in [-0.05, 0) is 38.8 Å². The van der Waals surface area contributed by atoms with Crippen LogP contribution >= 0.6 is 0 Å². The maximum atomic E-state index is 5.54. The molecule has 0 bridgehead atoms. The van der Waals surface area contributed by atoms with Crippen molar-refractivity contribution in [3.05, 3.63) is 17.5 Å². The zero-order chi connectivity index (χ0) is 10.5. The summed E-state index contributed by atoms with van der Waals surface area (Å²) in [6.45, 7) is 5.58. The van der Waals surface area contributed by atoms with E-state index in [0.717, 1.165) is 43.5 Å². The Kier molecular flexibility index (Phi) is 3.75. The second-order valence-electron chi connectivity index (χ2n) is 4.13. The zero-order valence-corrected chi connectivity index (χ0v) is 9.16. The molecule has 2 rings (SSSR count). The van der Waals surface area contributed by atoms with Crippen LogP contribution < -0.4 is 5.32 Å². The minimum absolute atomic E-state index is 0.567. The van der Waals surface area contributed by atoms with Gasteiger partial charge in [0.1, 0.15) is 11.5 Å². The van der Waals surface area contributed by atoms with Crippen molar-refractivity contribution in [1.29, 1.82) is 0 Å². The maximum Gasteiger partial charge on any atom is 0.134 e. The topological polar surface area (TPSA) is 47.3 Å². The number of nitrogens with zero attached hydrogens (tertiary/aromatic N) is 1. The molecule has 4 heteroatoms. The first-order chi connectivity index (χ1) is 7.34. The van der Waals surface area contributed by atoms with Gasteiger partial charge in [0.2, 0.25) is 0 Å². The summed E-state index contributed by atoms with van der Waals surface area (Å²) in [6, 6.07) is 1.91. The first-order valence-corrected chi connectivity index (χ1v) is 5.55. The predicted molar refractivity (Wildman–Crippen MR) is 56.5 cm³/mol. The minimum Gasteiger partial charge on any atom is -0.375 e. The van der Waals surface area contributed by atoms with Crippen molar-refractivity contribution < 1.29 is 9.26 Å². The fourth-order valence-corrected chi connectivity index (χ4v) is 1.87. The number of hydrogen-bond acceptors (Lipinski definition) is 4. The molecule has 1 atom stereocenters. The van der Waals surface area contributed by atoms with Crippen molar-refractivity contribution in [3.8, 4) is 0 Å². The Bertz CT molecular complexity index is 293. The van der Waals surface area contributed by atoms with Gasteiger partial charge in [0, 0.05) is 12.7 Å². The number of ether oxygens (including phenoxy) is 1. The van der Waals surface area contributed by atoms with Gasteiger partial charge in [0.05, 0.1) is 6.61 Å². The van der Waals surface area contributed by atoms with Gasteiger partial charge in [0.25, 0.3) is 0 Å². The van der Waals surface area contributed by atoms with E-state index in [9.17, 15) is 0 Å². The smallest absolute Gasteiger partial charge is 0.134 e. The summed E-state index contributed by atoms with van der Waals surface area (Å²) in [7, 11) is 0. The molecule has 1 saturated heterocycles.